The minimum atomic E-state index is -0.325. The SMILES string of the molecule is CCCC(CCC)C(=O)Nc1cc(C)nn1-c1nc2c(cnn2-c2cccc(C)c2)c(=O)[nH]1. The van der Waals surface area contributed by atoms with Crippen LogP contribution in [0.4, 0.5) is 5.82 Å². The molecule has 0 spiro atoms. The normalized spacial score (nSPS) is 11.4. The Kier molecular flexibility index (Phi) is 6.39. The van der Waals surface area contributed by atoms with Crippen molar-refractivity contribution in [2.75, 3.05) is 5.32 Å². The Morgan fingerprint density at radius 3 is 2.58 bits per heavy atom. The van der Waals surface area contributed by atoms with Crippen LogP contribution in [-0.4, -0.2) is 35.4 Å². The van der Waals surface area contributed by atoms with Gasteiger partial charge in [0.05, 0.1) is 17.6 Å². The molecule has 0 bridgehead atoms. The Balaban J connectivity index is 1.76. The Morgan fingerprint density at radius 1 is 1.12 bits per heavy atom. The zero-order valence-electron chi connectivity index (χ0n) is 19.4. The van der Waals surface area contributed by atoms with Gasteiger partial charge in [-0.25, -0.2) is 4.68 Å². The summed E-state index contributed by atoms with van der Waals surface area (Å²) in [5.74, 6) is 0.570. The minimum Gasteiger partial charge on any atom is -0.310 e. The first-order chi connectivity index (χ1) is 15.9. The van der Waals surface area contributed by atoms with Crippen molar-refractivity contribution in [2.24, 2.45) is 5.92 Å². The highest BCUT2D eigenvalue weighted by Gasteiger charge is 2.21. The van der Waals surface area contributed by atoms with E-state index in [4.69, 9.17) is 0 Å². The van der Waals surface area contributed by atoms with E-state index in [0.29, 0.717) is 22.5 Å². The topological polar surface area (TPSA) is 110 Å². The maximum Gasteiger partial charge on any atom is 0.263 e. The molecule has 0 radical (unpaired) electrons. The molecule has 33 heavy (non-hydrogen) atoms. The number of anilines is 1. The average Bonchev–Trinajstić information content (AvgIpc) is 3.37. The van der Waals surface area contributed by atoms with E-state index in [1.165, 1.54) is 10.9 Å². The molecule has 0 saturated heterocycles. The first-order valence-electron chi connectivity index (χ1n) is 11.3. The number of rotatable bonds is 8. The van der Waals surface area contributed by atoms with Crippen molar-refractivity contribution in [3.05, 3.63) is 58.1 Å². The summed E-state index contributed by atoms with van der Waals surface area (Å²) >= 11 is 0. The molecule has 9 nitrogen and oxygen atoms in total. The zero-order chi connectivity index (χ0) is 23.5. The van der Waals surface area contributed by atoms with E-state index in [-0.39, 0.29) is 23.3 Å². The molecule has 1 aromatic carbocycles. The summed E-state index contributed by atoms with van der Waals surface area (Å²) in [7, 11) is 0. The van der Waals surface area contributed by atoms with Crippen LogP contribution in [0.1, 0.15) is 50.8 Å². The third kappa shape index (κ3) is 4.57. The molecule has 4 aromatic rings. The van der Waals surface area contributed by atoms with Gasteiger partial charge in [0.25, 0.3) is 5.56 Å². The van der Waals surface area contributed by atoms with E-state index >= 15 is 0 Å². The monoisotopic (exact) mass is 447 g/mol. The number of benzene rings is 1. The van der Waals surface area contributed by atoms with Crippen molar-refractivity contribution in [3.8, 4) is 11.6 Å². The Labute approximate surface area is 191 Å². The summed E-state index contributed by atoms with van der Waals surface area (Å²) in [6, 6.07) is 9.58. The van der Waals surface area contributed by atoms with Crippen molar-refractivity contribution in [1.82, 2.24) is 29.5 Å². The fraction of sp³-hybridized carbons (Fsp3) is 0.375. The summed E-state index contributed by atoms with van der Waals surface area (Å²) < 4.78 is 3.10. The van der Waals surface area contributed by atoms with Gasteiger partial charge >= 0.3 is 0 Å². The van der Waals surface area contributed by atoms with Crippen molar-refractivity contribution in [3.63, 3.8) is 0 Å². The number of carbonyl (C=O) groups excluding carboxylic acids is 1. The molecule has 0 fully saturated rings. The number of aryl methyl sites for hydroxylation is 2. The molecule has 1 amide bonds. The van der Waals surface area contributed by atoms with Crippen molar-refractivity contribution < 1.29 is 4.79 Å². The second-order valence-electron chi connectivity index (χ2n) is 8.37. The Hall–Kier alpha value is -3.75. The number of carbonyl (C=O) groups is 1. The summed E-state index contributed by atoms with van der Waals surface area (Å²) in [5, 5.41) is 12.2. The van der Waals surface area contributed by atoms with E-state index in [1.807, 2.05) is 38.1 Å². The lowest BCUT2D eigenvalue weighted by Crippen LogP contribution is -2.25. The average molecular weight is 448 g/mol. The second-order valence-corrected chi connectivity index (χ2v) is 8.37. The van der Waals surface area contributed by atoms with Gasteiger partial charge in [-0.1, -0.05) is 38.8 Å². The fourth-order valence-corrected chi connectivity index (χ4v) is 4.04. The van der Waals surface area contributed by atoms with Gasteiger partial charge in [0.2, 0.25) is 11.9 Å². The molecule has 9 heteroatoms. The van der Waals surface area contributed by atoms with Gasteiger partial charge in [-0.05, 0) is 44.4 Å². The van der Waals surface area contributed by atoms with Gasteiger partial charge in [0, 0.05) is 12.0 Å². The lowest BCUT2D eigenvalue weighted by molar-refractivity contribution is -0.120. The maximum absolute atomic E-state index is 12.9. The third-order valence-electron chi connectivity index (χ3n) is 5.60. The number of aromatic amines is 1. The molecule has 0 aliphatic carbocycles. The van der Waals surface area contributed by atoms with Crippen LogP contribution >= 0.6 is 0 Å². The highest BCUT2D eigenvalue weighted by Crippen LogP contribution is 2.21. The van der Waals surface area contributed by atoms with Gasteiger partial charge < -0.3 is 5.32 Å². The standard InChI is InChI=1S/C24H29N7O2/c1-5-8-17(9-6-2)22(32)26-20-13-16(4)29-31(20)24-27-21-19(23(33)28-24)14-25-30(21)18-11-7-10-15(3)12-18/h7,10-14,17H,5-6,8-9H2,1-4H3,(H,26,32)(H,27,28,33). The number of amides is 1. The molecule has 0 aliphatic heterocycles. The van der Waals surface area contributed by atoms with Crippen LogP contribution < -0.4 is 10.9 Å². The maximum atomic E-state index is 12.9. The highest BCUT2D eigenvalue weighted by molar-refractivity contribution is 5.92. The quantitative estimate of drug-likeness (QED) is 0.423. The summed E-state index contributed by atoms with van der Waals surface area (Å²) in [4.78, 5) is 33.2. The number of H-pyrrole nitrogens is 1. The van der Waals surface area contributed by atoms with Gasteiger partial charge in [-0.2, -0.15) is 19.9 Å². The summed E-state index contributed by atoms with van der Waals surface area (Å²) in [5.41, 5.74) is 2.67. The fourth-order valence-electron chi connectivity index (χ4n) is 4.04. The van der Waals surface area contributed by atoms with Crippen LogP contribution in [0.25, 0.3) is 22.7 Å². The van der Waals surface area contributed by atoms with Gasteiger partial charge in [-0.15, -0.1) is 0 Å². The molecule has 0 aliphatic rings. The third-order valence-corrected chi connectivity index (χ3v) is 5.60. The first-order valence-corrected chi connectivity index (χ1v) is 11.3. The van der Waals surface area contributed by atoms with Crippen LogP contribution in [0.2, 0.25) is 0 Å². The number of fused-ring (bicyclic) bond motifs is 1. The number of hydrogen-bond donors (Lipinski definition) is 2. The van der Waals surface area contributed by atoms with Gasteiger partial charge in [-0.3, -0.25) is 14.6 Å². The number of hydrogen-bond acceptors (Lipinski definition) is 5. The van der Waals surface area contributed by atoms with Crippen molar-refractivity contribution in [2.45, 2.75) is 53.4 Å². The Bertz CT molecular complexity index is 1340. The molecular weight excluding hydrogens is 418 g/mol. The van der Waals surface area contributed by atoms with E-state index in [0.717, 1.165) is 36.9 Å². The molecule has 3 heterocycles. The number of nitrogens with one attached hydrogen (secondary N) is 2. The second kappa shape index (κ2) is 9.40. The first kappa shape index (κ1) is 22.4. The lowest BCUT2D eigenvalue weighted by Gasteiger charge is -2.15. The molecule has 0 saturated carbocycles. The van der Waals surface area contributed by atoms with E-state index in [9.17, 15) is 9.59 Å². The molecule has 4 rings (SSSR count). The van der Waals surface area contributed by atoms with Crippen LogP contribution in [0, 0.1) is 19.8 Å². The summed E-state index contributed by atoms with van der Waals surface area (Å²) in [6.07, 6.45) is 5.02. The lowest BCUT2D eigenvalue weighted by atomic mass is 9.97. The van der Waals surface area contributed by atoms with Crippen LogP contribution in [0.15, 0.2) is 41.3 Å². The van der Waals surface area contributed by atoms with Crippen molar-refractivity contribution >= 4 is 22.8 Å². The predicted molar refractivity (Wildman–Crippen MR) is 128 cm³/mol. The molecular formula is C24H29N7O2. The van der Waals surface area contributed by atoms with E-state index < -0.39 is 0 Å². The largest absolute Gasteiger partial charge is 0.310 e. The van der Waals surface area contributed by atoms with Crippen molar-refractivity contribution in [1.29, 1.82) is 0 Å². The van der Waals surface area contributed by atoms with Gasteiger partial charge in [0.1, 0.15) is 11.2 Å². The smallest absolute Gasteiger partial charge is 0.263 e. The molecule has 2 N–H and O–H groups in total. The van der Waals surface area contributed by atoms with Gasteiger partial charge in [0.15, 0.2) is 5.65 Å². The Morgan fingerprint density at radius 2 is 1.88 bits per heavy atom. The van der Waals surface area contributed by atoms with Crippen LogP contribution in [0.3, 0.4) is 0 Å². The summed E-state index contributed by atoms with van der Waals surface area (Å²) in [6.45, 7) is 7.97. The molecule has 3 aromatic heterocycles. The van der Waals surface area contributed by atoms with Crippen LogP contribution in [0.5, 0.6) is 0 Å². The molecule has 172 valence electrons. The zero-order valence-corrected chi connectivity index (χ0v) is 19.4. The van der Waals surface area contributed by atoms with E-state index in [2.05, 4.69) is 39.3 Å². The minimum absolute atomic E-state index is 0.0481. The highest BCUT2D eigenvalue weighted by atomic mass is 16.2. The molecule has 0 atom stereocenters. The van der Waals surface area contributed by atoms with Crippen LogP contribution in [-0.2, 0) is 4.79 Å². The molecule has 0 unspecified atom stereocenters. The number of aromatic nitrogens is 6. The van der Waals surface area contributed by atoms with E-state index in [1.54, 1.807) is 10.7 Å². The number of nitrogens with zero attached hydrogens (tertiary/aromatic N) is 5. The predicted octanol–water partition coefficient (Wildman–Crippen LogP) is 4.07.